The number of carbonyl (C=O) groups is 1. The third-order valence-corrected chi connectivity index (χ3v) is 5.02. The number of halogens is 1. The molecule has 0 bridgehead atoms. The Balaban J connectivity index is 2.43. The zero-order valence-electron chi connectivity index (χ0n) is 8.57. The largest absolute Gasteiger partial charge is 0.392 e. The lowest BCUT2D eigenvalue weighted by Crippen LogP contribution is -2.17. The van der Waals surface area contributed by atoms with Crippen LogP contribution >= 0.6 is 39.0 Å². The molecule has 1 heterocycles. The SMILES string of the molecule is CC(O)C(C)SCC(=O)c1ccc(Br)s1. The first-order valence-corrected chi connectivity index (χ1v) is 7.24. The Bertz CT molecular complexity index is 336. The molecule has 0 saturated carbocycles. The Morgan fingerprint density at radius 1 is 1.60 bits per heavy atom. The van der Waals surface area contributed by atoms with E-state index in [0.29, 0.717) is 5.75 Å². The quantitative estimate of drug-likeness (QED) is 0.849. The van der Waals surface area contributed by atoms with Gasteiger partial charge in [-0.2, -0.15) is 0 Å². The summed E-state index contributed by atoms with van der Waals surface area (Å²) in [5.74, 6) is 0.558. The molecule has 2 unspecified atom stereocenters. The number of hydrogen-bond donors (Lipinski definition) is 1. The van der Waals surface area contributed by atoms with Crippen LogP contribution in [0.2, 0.25) is 0 Å². The van der Waals surface area contributed by atoms with Crippen LogP contribution < -0.4 is 0 Å². The first kappa shape index (κ1) is 13.2. The van der Waals surface area contributed by atoms with Crippen LogP contribution in [0.1, 0.15) is 23.5 Å². The number of aliphatic hydroxyl groups excluding tert-OH is 1. The van der Waals surface area contributed by atoms with Gasteiger partial charge in [0, 0.05) is 5.25 Å². The molecule has 1 rings (SSSR count). The fourth-order valence-corrected chi connectivity index (χ4v) is 3.14. The number of thioether (sulfide) groups is 1. The van der Waals surface area contributed by atoms with Crippen LogP contribution in [-0.4, -0.2) is 28.0 Å². The molecule has 0 aromatic carbocycles. The van der Waals surface area contributed by atoms with Crippen molar-refractivity contribution in [1.29, 1.82) is 0 Å². The van der Waals surface area contributed by atoms with E-state index in [2.05, 4.69) is 15.9 Å². The lowest BCUT2D eigenvalue weighted by molar-refractivity contribution is 0.102. The third kappa shape index (κ3) is 4.26. The van der Waals surface area contributed by atoms with Crippen molar-refractivity contribution in [1.82, 2.24) is 0 Å². The lowest BCUT2D eigenvalue weighted by Gasteiger charge is -2.12. The van der Waals surface area contributed by atoms with Crippen LogP contribution in [-0.2, 0) is 0 Å². The number of aliphatic hydroxyl groups is 1. The summed E-state index contributed by atoms with van der Waals surface area (Å²) in [6, 6.07) is 3.70. The molecule has 5 heteroatoms. The molecule has 0 radical (unpaired) electrons. The second-order valence-corrected chi connectivity index (χ2v) is 7.11. The second-order valence-electron chi connectivity index (χ2n) is 3.28. The molecule has 1 aromatic heterocycles. The van der Waals surface area contributed by atoms with Crippen molar-refractivity contribution in [3.63, 3.8) is 0 Å². The molecule has 0 saturated heterocycles. The van der Waals surface area contributed by atoms with Crippen molar-refractivity contribution in [2.45, 2.75) is 25.2 Å². The summed E-state index contributed by atoms with van der Waals surface area (Å²) in [6.45, 7) is 3.66. The molecule has 0 aliphatic rings. The maximum absolute atomic E-state index is 11.7. The lowest BCUT2D eigenvalue weighted by atomic mass is 10.3. The number of hydrogen-bond acceptors (Lipinski definition) is 4. The predicted molar refractivity (Wildman–Crippen MR) is 70.0 cm³/mol. The Kier molecular flexibility index (Phi) is 5.32. The Morgan fingerprint density at radius 3 is 2.73 bits per heavy atom. The topological polar surface area (TPSA) is 37.3 Å². The minimum Gasteiger partial charge on any atom is -0.392 e. The minimum absolute atomic E-state index is 0.0948. The molecular formula is C10H13BrO2S2. The van der Waals surface area contributed by atoms with E-state index in [1.165, 1.54) is 23.1 Å². The molecule has 0 aliphatic carbocycles. The van der Waals surface area contributed by atoms with E-state index in [1.807, 2.05) is 19.1 Å². The van der Waals surface area contributed by atoms with Gasteiger partial charge < -0.3 is 5.11 Å². The summed E-state index contributed by atoms with van der Waals surface area (Å²) < 4.78 is 0.972. The summed E-state index contributed by atoms with van der Waals surface area (Å²) in [7, 11) is 0. The van der Waals surface area contributed by atoms with E-state index in [9.17, 15) is 9.90 Å². The van der Waals surface area contributed by atoms with Crippen molar-refractivity contribution >= 4 is 44.8 Å². The van der Waals surface area contributed by atoms with Crippen molar-refractivity contribution in [3.8, 4) is 0 Å². The normalized spacial score (nSPS) is 14.9. The number of rotatable bonds is 5. The van der Waals surface area contributed by atoms with Gasteiger partial charge in [-0.15, -0.1) is 23.1 Å². The minimum atomic E-state index is -0.377. The highest BCUT2D eigenvalue weighted by atomic mass is 79.9. The zero-order valence-corrected chi connectivity index (χ0v) is 11.8. The van der Waals surface area contributed by atoms with Gasteiger partial charge in [0.25, 0.3) is 0 Å². The summed E-state index contributed by atoms with van der Waals surface area (Å²) in [4.78, 5) is 12.4. The van der Waals surface area contributed by atoms with Crippen LogP contribution in [0.5, 0.6) is 0 Å². The zero-order chi connectivity index (χ0) is 11.4. The van der Waals surface area contributed by atoms with Crippen LogP contribution in [0, 0.1) is 0 Å². The molecule has 0 spiro atoms. The van der Waals surface area contributed by atoms with E-state index in [4.69, 9.17) is 0 Å². The molecular weight excluding hydrogens is 296 g/mol. The van der Waals surface area contributed by atoms with Crippen LogP contribution in [0.25, 0.3) is 0 Å². The standard InChI is InChI=1S/C10H13BrO2S2/c1-6(12)7(2)14-5-8(13)9-3-4-10(11)15-9/h3-4,6-7,12H,5H2,1-2H3. The van der Waals surface area contributed by atoms with E-state index in [1.54, 1.807) is 6.92 Å². The number of thiophene rings is 1. The fraction of sp³-hybridized carbons (Fsp3) is 0.500. The highest BCUT2D eigenvalue weighted by Crippen LogP contribution is 2.24. The van der Waals surface area contributed by atoms with Gasteiger partial charge in [0.15, 0.2) is 5.78 Å². The van der Waals surface area contributed by atoms with Gasteiger partial charge in [-0.1, -0.05) is 6.92 Å². The fourth-order valence-electron chi connectivity index (χ4n) is 0.882. The summed E-state index contributed by atoms with van der Waals surface area (Å²) >= 11 is 6.26. The van der Waals surface area contributed by atoms with Crippen molar-refractivity contribution in [2.75, 3.05) is 5.75 Å². The monoisotopic (exact) mass is 308 g/mol. The van der Waals surface area contributed by atoms with Gasteiger partial charge >= 0.3 is 0 Å². The third-order valence-electron chi connectivity index (χ3n) is 2.00. The summed E-state index contributed by atoms with van der Waals surface area (Å²) in [5, 5.41) is 9.37. The van der Waals surface area contributed by atoms with E-state index < -0.39 is 0 Å². The van der Waals surface area contributed by atoms with Crippen LogP contribution in [0.3, 0.4) is 0 Å². The Labute approximate surface area is 106 Å². The predicted octanol–water partition coefficient (Wildman–Crippen LogP) is 3.20. The highest BCUT2D eigenvalue weighted by Gasteiger charge is 2.14. The Morgan fingerprint density at radius 2 is 2.27 bits per heavy atom. The molecule has 0 aliphatic heterocycles. The molecule has 2 atom stereocenters. The van der Waals surface area contributed by atoms with Crippen LogP contribution in [0.15, 0.2) is 15.9 Å². The van der Waals surface area contributed by atoms with Gasteiger partial charge in [-0.3, -0.25) is 4.79 Å². The average Bonchev–Trinajstić information content (AvgIpc) is 2.60. The molecule has 0 amide bonds. The van der Waals surface area contributed by atoms with Gasteiger partial charge in [0.1, 0.15) is 0 Å². The molecule has 84 valence electrons. The number of Topliss-reactive ketones (excluding diaryl/α,β-unsaturated/α-hetero) is 1. The van der Waals surface area contributed by atoms with E-state index >= 15 is 0 Å². The van der Waals surface area contributed by atoms with Crippen LogP contribution in [0.4, 0.5) is 0 Å². The number of carbonyl (C=O) groups excluding carboxylic acids is 1. The maximum Gasteiger partial charge on any atom is 0.182 e. The van der Waals surface area contributed by atoms with Crippen molar-refractivity contribution in [3.05, 3.63) is 20.8 Å². The molecule has 1 N–H and O–H groups in total. The first-order valence-electron chi connectivity index (χ1n) is 4.59. The van der Waals surface area contributed by atoms with E-state index in [0.717, 1.165) is 8.66 Å². The van der Waals surface area contributed by atoms with Gasteiger partial charge in [-0.25, -0.2) is 0 Å². The first-order chi connectivity index (χ1) is 7.00. The molecule has 15 heavy (non-hydrogen) atoms. The highest BCUT2D eigenvalue weighted by molar-refractivity contribution is 9.11. The Hall–Kier alpha value is 0.160. The average molecular weight is 309 g/mol. The van der Waals surface area contributed by atoms with Crippen molar-refractivity contribution in [2.24, 2.45) is 0 Å². The van der Waals surface area contributed by atoms with E-state index in [-0.39, 0.29) is 17.1 Å². The summed E-state index contributed by atoms with van der Waals surface area (Å²) in [5.41, 5.74) is 0. The van der Waals surface area contributed by atoms with Gasteiger partial charge in [0.05, 0.1) is 20.5 Å². The molecule has 1 aromatic rings. The van der Waals surface area contributed by atoms with Gasteiger partial charge in [-0.05, 0) is 35.0 Å². The second kappa shape index (κ2) is 6.03. The number of ketones is 1. The molecule has 2 nitrogen and oxygen atoms in total. The summed E-state index contributed by atoms with van der Waals surface area (Å²) in [6.07, 6.45) is -0.377. The van der Waals surface area contributed by atoms with Crippen molar-refractivity contribution < 1.29 is 9.90 Å². The molecule has 0 fully saturated rings. The maximum atomic E-state index is 11.7. The smallest absolute Gasteiger partial charge is 0.182 e. The van der Waals surface area contributed by atoms with Gasteiger partial charge in [0.2, 0.25) is 0 Å².